The van der Waals surface area contributed by atoms with Crippen LogP contribution in [0.3, 0.4) is 0 Å². The summed E-state index contributed by atoms with van der Waals surface area (Å²) in [5, 5.41) is 17.3. The van der Waals surface area contributed by atoms with E-state index < -0.39 is 18.1 Å². The molecule has 1 aliphatic rings. The van der Waals surface area contributed by atoms with Crippen molar-refractivity contribution < 1.29 is 14.7 Å². The van der Waals surface area contributed by atoms with E-state index in [1.165, 1.54) is 4.90 Å². The van der Waals surface area contributed by atoms with Crippen LogP contribution >= 0.6 is 15.9 Å². The number of aromatic nitrogens is 3. The van der Waals surface area contributed by atoms with Gasteiger partial charge < -0.3 is 21.1 Å². The van der Waals surface area contributed by atoms with Gasteiger partial charge in [0.05, 0.1) is 23.9 Å². The number of nitrogens with zero attached hydrogens (tertiary/aromatic N) is 4. The summed E-state index contributed by atoms with van der Waals surface area (Å²) in [5.41, 5.74) is 8.14. The fraction of sp³-hybridized carbons (Fsp3) is 0.238. The van der Waals surface area contributed by atoms with Crippen molar-refractivity contribution >= 4 is 33.6 Å². The van der Waals surface area contributed by atoms with Crippen molar-refractivity contribution in [2.75, 3.05) is 18.8 Å². The molecule has 4 N–H and O–H groups in total. The number of pyridine rings is 1. The predicted molar refractivity (Wildman–Crippen MR) is 118 cm³/mol. The molecule has 10 heteroatoms. The molecule has 3 aromatic rings. The monoisotopic (exact) mass is 484 g/mol. The van der Waals surface area contributed by atoms with Crippen molar-refractivity contribution in [1.29, 1.82) is 0 Å². The van der Waals surface area contributed by atoms with Gasteiger partial charge in [0, 0.05) is 53.7 Å². The molecule has 160 valence electrons. The number of aryl methyl sites for hydroxylation is 1. The Balaban J connectivity index is 1.47. The Hall–Kier alpha value is -3.24. The van der Waals surface area contributed by atoms with E-state index in [0.29, 0.717) is 11.1 Å². The van der Waals surface area contributed by atoms with Crippen LogP contribution in [0, 0.1) is 0 Å². The maximum absolute atomic E-state index is 12.9. The maximum Gasteiger partial charge on any atom is 0.255 e. The molecule has 0 bridgehead atoms. The number of anilines is 1. The van der Waals surface area contributed by atoms with Gasteiger partial charge in [0.15, 0.2) is 0 Å². The Morgan fingerprint density at radius 2 is 1.94 bits per heavy atom. The van der Waals surface area contributed by atoms with E-state index in [-0.39, 0.29) is 30.4 Å². The molecule has 0 radical (unpaired) electrons. The average Bonchev–Trinajstić information content (AvgIpc) is 3.34. The lowest BCUT2D eigenvalue weighted by atomic mass is 10.1. The molecular formula is C21H21BrN6O3. The van der Waals surface area contributed by atoms with Gasteiger partial charge in [-0.2, -0.15) is 5.10 Å². The van der Waals surface area contributed by atoms with Crippen molar-refractivity contribution in [3.63, 3.8) is 0 Å². The summed E-state index contributed by atoms with van der Waals surface area (Å²) in [6.45, 7) is 0.320. The first-order chi connectivity index (χ1) is 14.8. The number of nitrogens with two attached hydrogens (primary N) is 1. The third-order valence-electron chi connectivity index (χ3n) is 5.19. The second-order valence-corrected chi connectivity index (χ2v) is 8.34. The summed E-state index contributed by atoms with van der Waals surface area (Å²) >= 11 is 3.34. The van der Waals surface area contributed by atoms with Crippen molar-refractivity contribution in [1.82, 2.24) is 25.0 Å². The molecule has 2 aromatic heterocycles. The van der Waals surface area contributed by atoms with E-state index in [1.54, 1.807) is 60.7 Å². The zero-order valence-electron chi connectivity index (χ0n) is 16.7. The van der Waals surface area contributed by atoms with Crippen LogP contribution in [-0.4, -0.2) is 61.8 Å². The number of benzene rings is 1. The molecule has 1 saturated heterocycles. The van der Waals surface area contributed by atoms with Crippen molar-refractivity contribution in [3.8, 4) is 11.1 Å². The number of hydrogen-bond donors (Lipinski definition) is 3. The van der Waals surface area contributed by atoms with Gasteiger partial charge in [0.25, 0.3) is 11.8 Å². The Kier molecular flexibility index (Phi) is 5.75. The molecule has 1 aromatic carbocycles. The third kappa shape index (κ3) is 4.44. The number of carbonyl (C=O) groups excluding carboxylic acids is 2. The number of halogens is 1. The van der Waals surface area contributed by atoms with Crippen LogP contribution in [-0.2, 0) is 7.05 Å². The molecule has 0 aliphatic carbocycles. The Morgan fingerprint density at radius 1 is 1.19 bits per heavy atom. The number of hydrogen-bond acceptors (Lipinski definition) is 6. The molecule has 31 heavy (non-hydrogen) atoms. The topological polar surface area (TPSA) is 126 Å². The van der Waals surface area contributed by atoms with Crippen LogP contribution in [0.4, 0.5) is 5.82 Å². The molecule has 0 saturated carbocycles. The van der Waals surface area contributed by atoms with E-state index in [1.807, 2.05) is 0 Å². The minimum Gasteiger partial charge on any atom is -0.389 e. The zero-order chi connectivity index (χ0) is 22.1. The maximum atomic E-state index is 12.9. The fourth-order valence-corrected chi connectivity index (χ4v) is 3.77. The fourth-order valence-electron chi connectivity index (χ4n) is 3.50. The Labute approximate surface area is 187 Å². The standard InChI is InChI=1S/C21H21BrN6O3/c1-27-9-14(8-25-27)13-6-16(19(23)24-7-13)20(30)26-17-10-28(11-18(17)29)21(31)12-2-4-15(22)5-3-12/h2-9,17-18,29H,10-11H2,1H3,(H2,23,24)(H,26,30)/t17-,18-/m0/s1. The molecule has 2 atom stereocenters. The van der Waals surface area contributed by atoms with E-state index in [4.69, 9.17) is 5.73 Å². The number of nitrogen functional groups attached to an aromatic ring is 1. The number of likely N-dealkylation sites (tertiary alicyclic amines) is 1. The van der Waals surface area contributed by atoms with Gasteiger partial charge in [-0.05, 0) is 30.3 Å². The number of aliphatic hydroxyl groups is 1. The highest BCUT2D eigenvalue weighted by Crippen LogP contribution is 2.22. The lowest BCUT2D eigenvalue weighted by molar-refractivity contribution is 0.0765. The number of nitrogens with one attached hydrogen (secondary N) is 1. The summed E-state index contributed by atoms with van der Waals surface area (Å²) in [6, 6.07) is 8.00. The third-order valence-corrected chi connectivity index (χ3v) is 5.71. The second kappa shape index (κ2) is 8.48. The normalized spacial score (nSPS) is 18.2. The number of rotatable bonds is 4. The lowest BCUT2D eigenvalue weighted by Gasteiger charge is -2.17. The quantitative estimate of drug-likeness (QED) is 0.514. The summed E-state index contributed by atoms with van der Waals surface area (Å²) < 4.78 is 2.52. The minimum atomic E-state index is -0.890. The number of β-amino-alcohol motifs (C(OH)–C–C–N with tert-alkyl or cyclic N) is 1. The largest absolute Gasteiger partial charge is 0.389 e. The lowest BCUT2D eigenvalue weighted by Crippen LogP contribution is -2.43. The molecule has 3 heterocycles. The average molecular weight is 485 g/mol. The Bertz CT molecular complexity index is 1130. The summed E-state index contributed by atoms with van der Waals surface area (Å²) in [7, 11) is 1.80. The van der Waals surface area contributed by atoms with Gasteiger partial charge in [-0.25, -0.2) is 4.98 Å². The first-order valence-electron chi connectivity index (χ1n) is 9.60. The van der Waals surface area contributed by atoms with Gasteiger partial charge in [-0.3, -0.25) is 14.3 Å². The van der Waals surface area contributed by atoms with Gasteiger partial charge >= 0.3 is 0 Å². The van der Waals surface area contributed by atoms with Gasteiger partial charge in [0.1, 0.15) is 5.82 Å². The van der Waals surface area contributed by atoms with E-state index in [9.17, 15) is 14.7 Å². The highest BCUT2D eigenvalue weighted by molar-refractivity contribution is 9.10. The molecule has 0 spiro atoms. The van der Waals surface area contributed by atoms with Crippen LogP contribution in [0.2, 0.25) is 0 Å². The molecule has 1 aliphatic heterocycles. The SMILES string of the molecule is Cn1cc(-c2cnc(N)c(C(=O)N[C@H]3CN(C(=O)c4ccc(Br)cc4)C[C@@H]3O)c2)cn1. The van der Waals surface area contributed by atoms with Crippen LogP contribution < -0.4 is 11.1 Å². The number of amides is 2. The van der Waals surface area contributed by atoms with Gasteiger partial charge in [-0.15, -0.1) is 0 Å². The highest BCUT2D eigenvalue weighted by Gasteiger charge is 2.35. The van der Waals surface area contributed by atoms with Gasteiger partial charge in [-0.1, -0.05) is 15.9 Å². The first kappa shape index (κ1) is 21.0. The van der Waals surface area contributed by atoms with Crippen LogP contribution in [0.5, 0.6) is 0 Å². The summed E-state index contributed by atoms with van der Waals surface area (Å²) in [4.78, 5) is 31.2. The van der Waals surface area contributed by atoms with E-state index in [0.717, 1.165) is 10.0 Å². The number of carbonyl (C=O) groups is 2. The highest BCUT2D eigenvalue weighted by atomic mass is 79.9. The van der Waals surface area contributed by atoms with E-state index in [2.05, 4.69) is 31.3 Å². The van der Waals surface area contributed by atoms with Crippen LogP contribution in [0.25, 0.3) is 11.1 Å². The molecule has 0 unspecified atom stereocenters. The number of aliphatic hydroxyl groups excluding tert-OH is 1. The molecule has 2 amide bonds. The smallest absolute Gasteiger partial charge is 0.255 e. The van der Waals surface area contributed by atoms with Crippen molar-refractivity contribution in [2.45, 2.75) is 12.1 Å². The van der Waals surface area contributed by atoms with Crippen molar-refractivity contribution in [2.24, 2.45) is 7.05 Å². The summed E-state index contributed by atoms with van der Waals surface area (Å²) in [5.74, 6) is -0.582. The van der Waals surface area contributed by atoms with E-state index >= 15 is 0 Å². The molecular weight excluding hydrogens is 464 g/mol. The second-order valence-electron chi connectivity index (χ2n) is 7.42. The predicted octanol–water partition coefficient (Wildman–Crippen LogP) is 1.44. The zero-order valence-corrected chi connectivity index (χ0v) is 18.3. The van der Waals surface area contributed by atoms with Crippen molar-refractivity contribution in [3.05, 3.63) is 64.5 Å². The molecule has 1 fully saturated rings. The Morgan fingerprint density at radius 3 is 2.61 bits per heavy atom. The van der Waals surface area contributed by atoms with Crippen LogP contribution in [0.15, 0.2) is 53.4 Å². The molecule has 4 rings (SSSR count). The van der Waals surface area contributed by atoms with Crippen LogP contribution in [0.1, 0.15) is 20.7 Å². The van der Waals surface area contributed by atoms with Gasteiger partial charge in [0.2, 0.25) is 0 Å². The molecule has 9 nitrogen and oxygen atoms in total. The summed E-state index contributed by atoms with van der Waals surface area (Å²) in [6.07, 6.45) is 4.16. The first-order valence-corrected chi connectivity index (χ1v) is 10.4. The minimum absolute atomic E-state index is 0.0837.